The highest BCUT2D eigenvalue weighted by molar-refractivity contribution is 9.10. The zero-order valence-electron chi connectivity index (χ0n) is 17.6. The molecule has 0 aliphatic heterocycles. The second-order valence-electron chi connectivity index (χ2n) is 7.69. The minimum absolute atomic E-state index is 0.111. The lowest BCUT2D eigenvalue weighted by atomic mass is 9.93. The van der Waals surface area contributed by atoms with Gasteiger partial charge in [0.15, 0.2) is 0 Å². The summed E-state index contributed by atoms with van der Waals surface area (Å²) in [4.78, 5) is 25.8. The number of hydrogen-bond acceptors (Lipinski definition) is 5. The Labute approximate surface area is 182 Å². The summed E-state index contributed by atoms with van der Waals surface area (Å²) in [5.41, 5.74) is 8.63. The lowest BCUT2D eigenvalue weighted by Crippen LogP contribution is -2.36. The van der Waals surface area contributed by atoms with Crippen LogP contribution in [0.1, 0.15) is 74.7 Å². The lowest BCUT2D eigenvalue weighted by molar-refractivity contribution is -0.141. The first-order valence-corrected chi connectivity index (χ1v) is 11.4. The van der Waals surface area contributed by atoms with E-state index in [2.05, 4.69) is 33.1 Å². The van der Waals surface area contributed by atoms with Crippen molar-refractivity contribution in [3.05, 3.63) is 27.7 Å². The third-order valence-corrected chi connectivity index (χ3v) is 6.17. The number of unbranched alkanes of at least 4 members (excludes halogenated alkanes) is 1. The van der Waals surface area contributed by atoms with Gasteiger partial charge in [-0.05, 0) is 65.9 Å². The minimum atomic E-state index is -0.275. The van der Waals surface area contributed by atoms with Crippen molar-refractivity contribution < 1.29 is 14.3 Å². The summed E-state index contributed by atoms with van der Waals surface area (Å²) in [5.74, 6) is -0.386. The maximum atomic E-state index is 12.6. The topological polar surface area (TPSA) is 84.7 Å². The van der Waals surface area contributed by atoms with Crippen LogP contribution in [0.25, 0.3) is 0 Å². The molecule has 0 heterocycles. The Morgan fingerprint density at radius 1 is 1.24 bits per heavy atom. The number of amides is 1. The van der Waals surface area contributed by atoms with Crippen molar-refractivity contribution in [1.82, 2.24) is 10.2 Å². The monoisotopic (exact) mass is 467 g/mol. The Hall–Kier alpha value is -1.60. The number of nitrogens with two attached hydrogens (primary N) is 1. The van der Waals surface area contributed by atoms with Gasteiger partial charge in [-0.3, -0.25) is 14.5 Å². The third kappa shape index (κ3) is 7.63. The number of anilines is 1. The SMILES string of the molecule is CCN(Cc1cc(C(=O)NCCCCOC(C)=O)cc(Br)c1N)C1CCCCC1. The standard InChI is InChI=1S/C22H34BrN3O3/c1-3-26(19-9-5-4-6-10-19)15-18-13-17(14-20(23)21(18)24)22(28)25-11-7-8-12-29-16(2)27/h13-14,19H,3-12,15,24H2,1-2H3,(H,25,28). The second-order valence-corrected chi connectivity index (χ2v) is 8.54. The molecule has 1 fully saturated rings. The fourth-order valence-electron chi connectivity index (χ4n) is 3.85. The average Bonchev–Trinajstić information content (AvgIpc) is 2.71. The number of hydrogen-bond donors (Lipinski definition) is 2. The van der Waals surface area contributed by atoms with Gasteiger partial charge in [0.05, 0.1) is 12.3 Å². The van der Waals surface area contributed by atoms with Crippen LogP contribution in [0.4, 0.5) is 5.69 Å². The van der Waals surface area contributed by atoms with Crippen LogP contribution in [0.5, 0.6) is 0 Å². The zero-order valence-corrected chi connectivity index (χ0v) is 19.2. The van der Waals surface area contributed by atoms with Crippen LogP contribution in [-0.4, -0.2) is 42.5 Å². The van der Waals surface area contributed by atoms with E-state index < -0.39 is 0 Å². The molecule has 6 nitrogen and oxygen atoms in total. The van der Waals surface area contributed by atoms with E-state index in [0.717, 1.165) is 36.0 Å². The van der Waals surface area contributed by atoms with Gasteiger partial charge in [0.2, 0.25) is 0 Å². The number of carbonyl (C=O) groups is 2. The summed E-state index contributed by atoms with van der Waals surface area (Å²) in [5, 5.41) is 2.94. The van der Waals surface area contributed by atoms with Crippen LogP contribution in [-0.2, 0) is 16.1 Å². The first kappa shape index (κ1) is 23.7. The largest absolute Gasteiger partial charge is 0.466 e. The van der Waals surface area contributed by atoms with Crippen molar-refractivity contribution in [3.63, 3.8) is 0 Å². The van der Waals surface area contributed by atoms with Crippen LogP contribution in [0.2, 0.25) is 0 Å². The summed E-state index contributed by atoms with van der Waals surface area (Å²) in [7, 11) is 0. The van der Waals surface area contributed by atoms with Crippen LogP contribution < -0.4 is 11.1 Å². The van der Waals surface area contributed by atoms with E-state index in [9.17, 15) is 9.59 Å². The number of benzene rings is 1. The fourth-order valence-corrected chi connectivity index (χ4v) is 4.35. The van der Waals surface area contributed by atoms with Crippen LogP contribution in [0.3, 0.4) is 0 Å². The summed E-state index contributed by atoms with van der Waals surface area (Å²) in [6.07, 6.45) is 7.88. The van der Waals surface area contributed by atoms with E-state index in [1.807, 2.05) is 6.07 Å². The molecule has 0 radical (unpaired) electrons. The molecule has 162 valence electrons. The number of carbonyl (C=O) groups excluding carboxylic acids is 2. The number of nitrogens with zero attached hydrogens (tertiary/aromatic N) is 1. The minimum Gasteiger partial charge on any atom is -0.466 e. The molecule has 0 spiro atoms. The Kier molecular flexibility index (Phi) is 9.94. The number of rotatable bonds is 10. The zero-order chi connectivity index (χ0) is 21.2. The molecule has 1 aliphatic rings. The molecule has 0 aromatic heterocycles. The summed E-state index contributed by atoms with van der Waals surface area (Å²) >= 11 is 3.52. The average molecular weight is 468 g/mol. The summed E-state index contributed by atoms with van der Waals surface area (Å²) in [6, 6.07) is 4.30. The van der Waals surface area contributed by atoms with Crippen LogP contribution in [0, 0.1) is 0 Å². The van der Waals surface area contributed by atoms with Gasteiger partial charge >= 0.3 is 5.97 Å². The van der Waals surface area contributed by atoms with Crippen molar-refractivity contribution in [3.8, 4) is 0 Å². The quantitative estimate of drug-likeness (QED) is 0.305. The highest BCUT2D eigenvalue weighted by atomic mass is 79.9. The lowest BCUT2D eigenvalue weighted by Gasteiger charge is -2.34. The molecule has 0 saturated heterocycles. The van der Waals surface area contributed by atoms with E-state index in [-0.39, 0.29) is 11.9 Å². The molecular formula is C22H34BrN3O3. The Bertz CT molecular complexity index is 690. The highest BCUT2D eigenvalue weighted by Crippen LogP contribution is 2.29. The highest BCUT2D eigenvalue weighted by Gasteiger charge is 2.21. The van der Waals surface area contributed by atoms with Gasteiger partial charge in [0.25, 0.3) is 5.91 Å². The predicted molar refractivity (Wildman–Crippen MR) is 120 cm³/mol. The first-order chi connectivity index (χ1) is 13.9. The van der Waals surface area contributed by atoms with Gasteiger partial charge in [-0.1, -0.05) is 26.2 Å². The van der Waals surface area contributed by atoms with Crippen LogP contribution >= 0.6 is 15.9 Å². The van der Waals surface area contributed by atoms with Crippen LogP contribution in [0.15, 0.2) is 16.6 Å². The molecule has 1 saturated carbocycles. The molecule has 3 N–H and O–H groups in total. The van der Waals surface area contributed by atoms with Gasteiger partial charge < -0.3 is 15.8 Å². The molecule has 7 heteroatoms. The molecule has 1 aromatic carbocycles. The maximum absolute atomic E-state index is 12.6. The molecule has 1 aromatic rings. The Morgan fingerprint density at radius 2 is 1.97 bits per heavy atom. The van der Waals surface area contributed by atoms with Gasteiger partial charge in [-0.2, -0.15) is 0 Å². The number of nitrogens with one attached hydrogen (secondary N) is 1. The van der Waals surface area contributed by atoms with Crippen molar-refractivity contribution in [2.75, 3.05) is 25.4 Å². The first-order valence-electron chi connectivity index (χ1n) is 10.7. The molecule has 29 heavy (non-hydrogen) atoms. The normalized spacial score (nSPS) is 14.8. The molecule has 0 unspecified atom stereocenters. The third-order valence-electron chi connectivity index (χ3n) is 5.51. The van der Waals surface area contributed by atoms with E-state index in [1.165, 1.54) is 39.0 Å². The van der Waals surface area contributed by atoms with E-state index in [1.54, 1.807) is 6.07 Å². The predicted octanol–water partition coefficient (Wildman–Crippen LogP) is 4.26. The van der Waals surface area contributed by atoms with E-state index in [4.69, 9.17) is 10.5 Å². The molecule has 0 bridgehead atoms. The van der Waals surface area contributed by atoms with E-state index >= 15 is 0 Å². The number of nitrogen functional groups attached to an aromatic ring is 1. The van der Waals surface area contributed by atoms with Gasteiger partial charge in [0, 0.05) is 36.1 Å². The summed E-state index contributed by atoms with van der Waals surface area (Å²) in [6.45, 7) is 6.24. The summed E-state index contributed by atoms with van der Waals surface area (Å²) < 4.78 is 5.66. The Morgan fingerprint density at radius 3 is 2.62 bits per heavy atom. The van der Waals surface area contributed by atoms with E-state index in [0.29, 0.717) is 30.4 Å². The molecule has 1 aliphatic carbocycles. The van der Waals surface area contributed by atoms with Crippen molar-refractivity contribution >= 4 is 33.5 Å². The van der Waals surface area contributed by atoms with Crippen molar-refractivity contribution in [2.45, 2.75) is 71.4 Å². The smallest absolute Gasteiger partial charge is 0.302 e. The maximum Gasteiger partial charge on any atom is 0.302 e. The number of ether oxygens (including phenoxy) is 1. The van der Waals surface area contributed by atoms with Gasteiger partial charge in [0.1, 0.15) is 0 Å². The van der Waals surface area contributed by atoms with Crippen molar-refractivity contribution in [2.24, 2.45) is 0 Å². The van der Waals surface area contributed by atoms with Crippen molar-refractivity contribution in [1.29, 1.82) is 0 Å². The number of esters is 1. The van der Waals surface area contributed by atoms with Gasteiger partial charge in [-0.25, -0.2) is 0 Å². The Balaban J connectivity index is 1.96. The second kappa shape index (κ2) is 12.2. The number of halogens is 1. The molecule has 2 rings (SSSR count). The molecular weight excluding hydrogens is 434 g/mol. The molecule has 0 atom stereocenters. The molecule has 1 amide bonds. The fraction of sp³-hybridized carbons (Fsp3) is 0.636. The van der Waals surface area contributed by atoms with Gasteiger partial charge in [-0.15, -0.1) is 0 Å².